The van der Waals surface area contributed by atoms with Crippen molar-refractivity contribution in [1.29, 1.82) is 0 Å². The molecule has 0 bridgehead atoms. The largest absolute Gasteiger partial charge is 0.497 e. The van der Waals surface area contributed by atoms with Gasteiger partial charge in [-0.05, 0) is 46.1 Å². The molecule has 3 rings (SSSR count). The second-order valence-corrected chi connectivity index (χ2v) is 8.86. The summed E-state index contributed by atoms with van der Waals surface area (Å²) in [5.74, 6) is 2.57. The first-order valence-electron chi connectivity index (χ1n) is 11.7. The van der Waals surface area contributed by atoms with Gasteiger partial charge < -0.3 is 25.0 Å². The van der Waals surface area contributed by atoms with Crippen LogP contribution in [0.4, 0.5) is 5.69 Å². The fraction of sp³-hybridized carbons (Fsp3) is 0.708. The maximum Gasteiger partial charge on any atom is 0.191 e. The molecule has 0 saturated carbocycles. The highest BCUT2D eigenvalue weighted by atomic mass is 16.5. The number of hydrogen-bond donors (Lipinski definition) is 2. The molecule has 174 valence electrons. The second-order valence-electron chi connectivity index (χ2n) is 8.86. The Morgan fingerprint density at radius 1 is 1.06 bits per heavy atom. The molecule has 2 atom stereocenters. The Balaban J connectivity index is 1.47. The van der Waals surface area contributed by atoms with Gasteiger partial charge in [0, 0.05) is 68.7 Å². The van der Waals surface area contributed by atoms with Crippen LogP contribution in [0.3, 0.4) is 0 Å². The van der Waals surface area contributed by atoms with E-state index in [1.807, 2.05) is 13.1 Å². The molecule has 0 radical (unpaired) electrons. The first-order valence-corrected chi connectivity index (χ1v) is 11.7. The van der Waals surface area contributed by atoms with Gasteiger partial charge in [0.1, 0.15) is 11.5 Å². The van der Waals surface area contributed by atoms with Crippen LogP contribution in [0.2, 0.25) is 0 Å². The Kier molecular flexibility index (Phi) is 8.69. The monoisotopic (exact) mass is 431 g/mol. The van der Waals surface area contributed by atoms with Crippen molar-refractivity contribution in [2.75, 3.05) is 52.3 Å². The smallest absolute Gasteiger partial charge is 0.191 e. The molecule has 1 aromatic rings. The van der Waals surface area contributed by atoms with E-state index in [1.54, 1.807) is 14.2 Å². The van der Waals surface area contributed by atoms with Gasteiger partial charge in [-0.1, -0.05) is 6.42 Å². The molecule has 7 nitrogen and oxygen atoms in total. The van der Waals surface area contributed by atoms with Gasteiger partial charge in [0.25, 0.3) is 0 Å². The fourth-order valence-corrected chi connectivity index (χ4v) is 4.78. The van der Waals surface area contributed by atoms with Crippen molar-refractivity contribution in [3.63, 3.8) is 0 Å². The minimum atomic E-state index is 0.430. The van der Waals surface area contributed by atoms with E-state index in [1.165, 1.54) is 25.8 Å². The van der Waals surface area contributed by atoms with Crippen molar-refractivity contribution in [3.05, 3.63) is 18.2 Å². The van der Waals surface area contributed by atoms with Crippen molar-refractivity contribution >= 4 is 11.6 Å². The van der Waals surface area contributed by atoms with Crippen LogP contribution in [0.15, 0.2) is 23.2 Å². The number of methoxy groups -OCH3 is 2. The lowest BCUT2D eigenvalue weighted by atomic mass is 10.0. The predicted molar refractivity (Wildman–Crippen MR) is 129 cm³/mol. The lowest BCUT2D eigenvalue weighted by Gasteiger charge is -2.38. The average Bonchev–Trinajstić information content (AvgIpc) is 2.81. The predicted octanol–water partition coefficient (Wildman–Crippen LogP) is 3.10. The van der Waals surface area contributed by atoms with E-state index in [9.17, 15) is 0 Å². The number of likely N-dealkylation sites (tertiary alicyclic amines) is 1. The first-order chi connectivity index (χ1) is 15.0. The number of guanidine groups is 1. The third-order valence-electron chi connectivity index (χ3n) is 6.75. The van der Waals surface area contributed by atoms with Gasteiger partial charge in [-0.2, -0.15) is 0 Å². The number of piperidine rings is 2. The molecule has 1 aromatic carbocycles. The van der Waals surface area contributed by atoms with Crippen LogP contribution in [0.25, 0.3) is 0 Å². The molecule has 0 aliphatic carbocycles. The van der Waals surface area contributed by atoms with Crippen molar-refractivity contribution < 1.29 is 9.47 Å². The molecule has 2 fully saturated rings. The lowest BCUT2D eigenvalue weighted by molar-refractivity contribution is 0.115. The summed E-state index contributed by atoms with van der Waals surface area (Å²) in [5, 5.41) is 7.19. The zero-order valence-electron chi connectivity index (χ0n) is 20.0. The number of ether oxygens (including phenoxy) is 2. The van der Waals surface area contributed by atoms with E-state index in [-0.39, 0.29) is 0 Å². The Labute approximate surface area is 188 Å². The highest BCUT2D eigenvalue weighted by Gasteiger charge is 2.24. The Bertz CT molecular complexity index is 696. The molecule has 2 aliphatic rings. The molecule has 0 spiro atoms. The number of benzene rings is 1. The number of hydrogen-bond acceptors (Lipinski definition) is 5. The van der Waals surface area contributed by atoms with Gasteiger partial charge in [-0.15, -0.1) is 0 Å². The summed E-state index contributed by atoms with van der Waals surface area (Å²) in [4.78, 5) is 9.50. The van der Waals surface area contributed by atoms with Crippen LogP contribution in [0.5, 0.6) is 11.5 Å². The summed E-state index contributed by atoms with van der Waals surface area (Å²) in [6.45, 7) is 8.80. The van der Waals surface area contributed by atoms with Crippen LogP contribution in [0, 0.1) is 0 Å². The zero-order chi connectivity index (χ0) is 22.2. The van der Waals surface area contributed by atoms with Crippen LogP contribution in [-0.2, 0) is 0 Å². The van der Waals surface area contributed by atoms with Crippen LogP contribution in [-0.4, -0.2) is 76.4 Å². The number of aliphatic imine (C=N–C) groups is 1. The molecular weight excluding hydrogens is 390 g/mol. The maximum absolute atomic E-state index is 5.43. The second kappa shape index (κ2) is 11.5. The minimum absolute atomic E-state index is 0.430. The number of nitrogens with zero attached hydrogens (tertiary/aromatic N) is 3. The third kappa shape index (κ3) is 6.42. The molecule has 2 aliphatic heterocycles. The van der Waals surface area contributed by atoms with Gasteiger partial charge in [-0.3, -0.25) is 9.89 Å². The normalized spacial score (nSPS) is 22.2. The van der Waals surface area contributed by atoms with Crippen molar-refractivity contribution in [2.45, 2.75) is 64.1 Å². The van der Waals surface area contributed by atoms with E-state index in [2.05, 4.69) is 51.4 Å². The molecule has 2 heterocycles. The fourth-order valence-electron chi connectivity index (χ4n) is 4.78. The number of rotatable bonds is 7. The quantitative estimate of drug-likeness (QED) is 0.511. The number of anilines is 1. The van der Waals surface area contributed by atoms with Gasteiger partial charge in [0.15, 0.2) is 5.96 Å². The molecular formula is C24H41N5O2. The van der Waals surface area contributed by atoms with Crippen LogP contribution in [0.1, 0.15) is 46.0 Å². The first kappa shape index (κ1) is 23.5. The average molecular weight is 432 g/mol. The summed E-state index contributed by atoms with van der Waals surface area (Å²) < 4.78 is 10.9. The van der Waals surface area contributed by atoms with E-state index in [4.69, 9.17) is 9.47 Å². The van der Waals surface area contributed by atoms with Crippen LogP contribution >= 0.6 is 0 Å². The van der Waals surface area contributed by atoms with Gasteiger partial charge >= 0.3 is 0 Å². The Hall–Kier alpha value is -2.15. The summed E-state index contributed by atoms with van der Waals surface area (Å²) in [6, 6.07) is 7.71. The minimum Gasteiger partial charge on any atom is -0.497 e. The highest BCUT2D eigenvalue weighted by molar-refractivity contribution is 5.80. The lowest BCUT2D eigenvalue weighted by Crippen LogP contribution is -2.53. The maximum atomic E-state index is 5.43. The van der Waals surface area contributed by atoms with E-state index < -0.39 is 0 Å². The summed E-state index contributed by atoms with van der Waals surface area (Å²) >= 11 is 0. The molecule has 2 saturated heterocycles. The molecule has 7 heteroatoms. The van der Waals surface area contributed by atoms with Gasteiger partial charge in [0.2, 0.25) is 0 Å². The Morgan fingerprint density at radius 2 is 1.74 bits per heavy atom. The topological polar surface area (TPSA) is 61.4 Å². The highest BCUT2D eigenvalue weighted by Crippen LogP contribution is 2.30. The standard InChI is InChI=1S/C24H41N5O2/c1-18-8-6-7-11-29(18)19(2)17-26-24(25-3)27-20-9-12-28(13-10-20)21-14-22(30-4)16-23(15-21)31-5/h14-16,18-20H,6-13,17H2,1-5H3,(H2,25,26,27). The Morgan fingerprint density at radius 3 is 2.32 bits per heavy atom. The molecule has 0 amide bonds. The molecule has 2 N–H and O–H groups in total. The van der Waals surface area contributed by atoms with E-state index in [0.29, 0.717) is 18.1 Å². The van der Waals surface area contributed by atoms with Gasteiger partial charge in [0.05, 0.1) is 14.2 Å². The molecule has 2 unspecified atom stereocenters. The number of nitrogens with one attached hydrogen (secondary N) is 2. The molecule has 0 aromatic heterocycles. The van der Waals surface area contributed by atoms with E-state index in [0.717, 1.165) is 55.6 Å². The summed E-state index contributed by atoms with van der Waals surface area (Å²) in [5.41, 5.74) is 1.15. The van der Waals surface area contributed by atoms with E-state index >= 15 is 0 Å². The van der Waals surface area contributed by atoms with Crippen molar-refractivity contribution in [3.8, 4) is 11.5 Å². The third-order valence-corrected chi connectivity index (χ3v) is 6.75. The zero-order valence-corrected chi connectivity index (χ0v) is 20.0. The summed E-state index contributed by atoms with van der Waals surface area (Å²) in [7, 11) is 5.25. The molecule has 31 heavy (non-hydrogen) atoms. The summed E-state index contributed by atoms with van der Waals surface area (Å²) in [6.07, 6.45) is 6.13. The van der Waals surface area contributed by atoms with Crippen LogP contribution < -0.4 is 25.0 Å². The van der Waals surface area contributed by atoms with Crippen molar-refractivity contribution in [2.24, 2.45) is 4.99 Å². The SMILES string of the molecule is CN=C(NCC(C)N1CCCCC1C)NC1CCN(c2cc(OC)cc(OC)c2)CC1. The van der Waals surface area contributed by atoms with Gasteiger partial charge in [-0.25, -0.2) is 0 Å². The van der Waals surface area contributed by atoms with Crippen molar-refractivity contribution in [1.82, 2.24) is 15.5 Å².